The molecule has 0 bridgehead atoms. The quantitative estimate of drug-likeness (QED) is 0.792. The van der Waals surface area contributed by atoms with Gasteiger partial charge in [-0.05, 0) is 26.3 Å². The topological polar surface area (TPSA) is 68.0 Å². The molecule has 4 nitrogen and oxygen atoms in total. The van der Waals surface area contributed by atoms with Gasteiger partial charge in [0.25, 0.3) is 0 Å². The molecular weight excluding hydrogens is 222 g/mol. The fourth-order valence-corrected chi connectivity index (χ4v) is 2.01. The number of aromatic nitrogens is 1. The van der Waals surface area contributed by atoms with E-state index < -0.39 is 0 Å². The molecule has 1 amide bonds. The summed E-state index contributed by atoms with van der Waals surface area (Å²) in [7, 11) is 0. The first-order chi connectivity index (χ1) is 7.63. The SMILES string of the molecule is Cc1nc(CNC(=O)C(C)CCCN)cs1. The van der Waals surface area contributed by atoms with E-state index >= 15 is 0 Å². The molecule has 0 fully saturated rings. The molecule has 3 N–H and O–H groups in total. The Hall–Kier alpha value is -0.940. The summed E-state index contributed by atoms with van der Waals surface area (Å²) in [6, 6.07) is 0. The number of nitrogens with zero attached hydrogens (tertiary/aromatic N) is 1. The van der Waals surface area contributed by atoms with E-state index in [1.54, 1.807) is 11.3 Å². The summed E-state index contributed by atoms with van der Waals surface area (Å²) in [6.07, 6.45) is 1.74. The van der Waals surface area contributed by atoms with Crippen molar-refractivity contribution in [2.45, 2.75) is 33.2 Å². The summed E-state index contributed by atoms with van der Waals surface area (Å²) in [6.45, 7) is 5.05. The van der Waals surface area contributed by atoms with Gasteiger partial charge in [0.15, 0.2) is 0 Å². The van der Waals surface area contributed by atoms with Crippen LogP contribution in [0.2, 0.25) is 0 Å². The zero-order chi connectivity index (χ0) is 12.0. The lowest BCUT2D eigenvalue weighted by atomic mass is 10.1. The zero-order valence-corrected chi connectivity index (χ0v) is 10.6. The van der Waals surface area contributed by atoms with Crippen LogP contribution in [0.15, 0.2) is 5.38 Å². The summed E-state index contributed by atoms with van der Waals surface area (Å²) in [5.41, 5.74) is 6.34. The van der Waals surface area contributed by atoms with Gasteiger partial charge in [-0.15, -0.1) is 11.3 Å². The molecule has 1 atom stereocenters. The predicted octanol–water partition coefficient (Wildman–Crippen LogP) is 1.44. The molecule has 0 saturated heterocycles. The van der Waals surface area contributed by atoms with E-state index in [2.05, 4.69) is 10.3 Å². The normalized spacial score (nSPS) is 12.4. The Morgan fingerprint density at radius 2 is 2.44 bits per heavy atom. The number of hydrogen-bond donors (Lipinski definition) is 2. The maximum atomic E-state index is 11.7. The molecule has 90 valence electrons. The highest BCUT2D eigenvalue weighted by Crippen LogP contribution is 2.08. The van der Waals surface area contributed by atoms with Crippen LogP contribution in [-0.2, 0) is 11.3 Å². The molecule has 1 unspecified atom stereocenters. The maximum Gasteiger partial charge on any atom is 0.223 e. The van der Waals surface area contributed by atoms with Crippen LogP contribution in [0.1, 0.15) is 30.5 Å². The summed E-state index contributed by atoms with van der Waals surface area (Å²) < 4.78 is 0. The standard InChI is InChI=1S/C11H19N3OS/c1-8(4-3-5-12)11(15)13-6-10-7-16-9(2)14-10/h7-8H,3-6,12H2,1-2H3,(H,13,15). The molecular formula is C11H19N3OS. The Bertz CT molecular complexity index is 338. The smallest absolute Gasteiger partial charge is 0.223 e. The van der Waals surface area contributed by atoms with Gasteiger partial charge in [0, 0.05) is 11.3 Å². The van der Waals surface area contributed by atoms with Gasteiger partial charge >= 0.3 is 0 Å². The van der Waals surface area contributed by atoms with E-state index in [9.17, 15) is 4.79 Å². The van der Waals surface area contributed by atoms with Crippen LogP contribution in [0.5, 0.6) is 0 Å². The van der Waals surface area contributed by atoms with Crippen molar-refractivity contribution < 1.29 is 4.79 Å². The first-order valence-electron chi connectivity index (χ1n) is 5.52. The van der Waals surface area contributed by atoms with Crippen LogP contribution >= 0.6 is 11.3 Å². The summed E-state index contributed by atoms with van der Waals surface area (Å²) in [4.78, 5) is 15.9. The fraction of sp³-hybridized carbons (Fsp3) is 0.636. The molecule has 0 saturated carbocycles. The number of carbonyl (C=O) groups is 1. The summed E-state index contributed by atoms with van der Waals surface area (Å²) in [5, 5.41) is 5.89. The van der Waals surface area contributed by atoms with Crippen molar-refractivity contribution in [3.05, 3.63) is 16.1 Å². The molecule has 1 heterocycles. The number of carbonyl (C=O) groups excluding carboxylic acids is 1. The number of nitrogens with two attached hydrogens (primary N) is 1. The fourth-order valence-electron chi connectivity index (χ4n) is 1.40. The molecule has 0 spiro atoms. The molecule has 5 heteroatoms. The van der Waals surface area contributed by atoms with Gasteiger partial charge in [-0.25, -0.2) is 4.98 Å². The van der Waals surface area contributed by atoms with Crippen LogP contribution in [-0.4, -0.2) is 17.4 Å². The highest BCUT2D eigenvalue weighted by atomic mass is 32.1. The second-order valence-electron chi connectivity index (χ2n) is 3.91. The number of nitrogens with one attached hydrogen (secondary N) is 1. The third-order valence-electron chi connectivity index (χ3n) is 2.40. The van der Waals surface area contributed by atoms with Crippen molar-refractivity contribution in [1.29, 1.82) is 0 Å². The second kappa shape index (κ2) is 6.60. The van der Waals surface area contributed by atoms with Crippen LogP contribution < -0.4 is 11.1 Å². The number of aryl methyl sites for hydroxylation is 1. The lowest BCUT2D eigenvalue weighted by molar-refractivity contribution is -0.124. The van der Waals surface area contributed by atoms with E-state index in [1.165, 1.54) is 0 Å². The van der Waals surface area contributed by atoms with Gasteiger partial charge in [-0.2, -0.15) is 0 Å². The van der Waals surface area contributed by atoms with Crippen LogP contribution in [0, 0.1) is 12.8 Å². The zero-order valence-electron chi connectivity index (χ0n) is 9.82. The van der Waals surface area contributed by atoms with Crippen molar-refractivity contribution in [2.24, 2.45) is 11.7 Å². The Balaban J connectivity index is 2.29. The Morgan fingerprint density at radius 1 is 1.69 bits per heavy atom. The van der Waals surface area contributed by atoms with Gasteiger partial charge in [0.2, 0.25) is 5.91 Å². The highest BCUT2D eigenvalue weighted by Gasteiger charge is 2.11. The van der Waals surface area contributed by atoms with Gasteiger partial charge in [0.1, 0.15) is 0 Å². The third-order valence-corrected chi connectivity index (χ3v) is 3.22. The minimum atomic E-state index is 0.0308. The van der Waals surface area contributed by atoms with Crippen molar-refractivity contribution in [1.82, 2.24) is 10.3 Å². The first-order valence-corrected chi connectivity index (χ1v) is 6.40. The van der Waals surface area contributed by atoms with Crippen LogP contribution in [0.25, 0.3) is 0 Å². The predicted molar refractivity (Wildman–Crippen MR) is 66.2 cm³/mol. The minimum Gasteiger partial charge on any atom is -0.350 e. The maximum absolute atomic E-state index is 11.7. The average molecular weight is 241 g/mol. The number of rotatable bonds is 6. The lowest BCUT2D eigenvalue weighted by Crippen LogP contribution is -2.29. The molecule has 0 aliphatic heterocycles. The van der Waals surface area contributed by atoms with Crippen LogP contribution in [0.4, 0.5) is 0 Å². The minimum absolute atomic E-state index is 0.0308. The van der Waals surface area contributed by atoms with Gasteiger partial charge in [-0.3, -0.25) is 4.79 Å². The molecule has 16 heavy (non-hydrogen) atoms. The number of hydrogen-bond acceptors (Lipinski definition) is 4. The summed E-state index contributed by atoms with van der Waals surface area (Å²) >= 11 is 1.60. The molecule has 0 aliphatic carbocycles. The summed E-state index contributed by atoms with van der Waals surface area (Å²) in [5.74, 6) is 0.113. The van der Waals surface area contributed by atoms with Gasteiger partial charge in [-0.1, -0.05) is 6.92 Å². The molecule has 0 aliphatic rings. The molecule has 1 aromatic rings. The van der Waals surface area contributed by atoms with Crippen molar-refractivity contribution >= 4 is 17.2 Å². The number of amides is 1. The largest absolute Gasteiger partial charge is 0.350 e. The van der Waals surface area contributed by atoms with E-state index in [1.807, 2.05) is 19.2 Å². The lowest BCUT2D eigenvalue weighted by Gasteiger charge is -2.10. The van der Waals surface area contributed by atoms with Crippen molar-refractivity contribution in [3.63, 3.8) is 0 Å². The average Bonchev–Trinajstić information content (AvgIpc) is 2.68. The Kier molecular flexibility index (Phi) is 5.42. The molecule has 1 aromatic heterocycles. The van der Waals surface area contributed by atoms with E-state index in [0.717, 1.165) is 23.5 Å². The Labute approximate surface area is 100 Å². The van der Waals surface area contributed by atoms with E-state index in [4.69, 9.17) is 5.73 Å². The Morgan fingerprint density at radius 3 is 3.00 bits per heavy atom. The molecule has 1 rings (SSSR count). The van der Waals surface area contributed by atoms with E-state index in [-0.39, 0.29) is 11.8 Å². The highest BCUT2D eigenvalue weighted by molar-refractivity contribution is 7.09. The van der Waals surface area contributed by atoms with Crippen molar-refractivity contribution in [3.8, 4) is 0 Å². The number of thiazole rings is 1. The molecule has 0 radical (unpaired) electrons. The molecule has 0 aromatic carbocycles. The van der Waals surface area contributed by atoms with E-state index in [0.29, 0.717) is 13.1 Å². The van der Waals surface area contributed by atoms with Gasteiger partial charge in [0.05, 0.1) is 17.2 Å². The third kappa shape index (κ3) is 4.28. The second-order valence-corrected chi connectivity index (χ2v) is 4.97. The van der Waals surface area contributed by atoms with Crippen LogP contribution in [0.3, 0.4) is 0 Å². The first kappa shape index (κ1) is 13.1. The monoisotopic (exact) mass is 241 g/mol. The van der Waals surface area contributed by atoms with Gasteiger partial charge < -0.3 is 11.1 Å². The van der Waals surface area contributed by atoms with Crippen molar-refractivity contribution in [2.75, 3.05) is 6.54 Å².